The van der Waals surface area contributed by atoms with Crippen LogP contribution in [-0.4, -0.2) is 33.1 Å². The fourth-order valence-electron chi connectivity index (χ4n) is 9.03. The normalized spacial score (nSPS) is 12.0. The topological polar surface area (TPSA) is 75.8 Å². The lowest BCUT2D eigenvalue weighted by atomic mass is 10.0. The van der Waals surface area contributed by atoms with Crippen molar-refractivity contribution in [3.8, 4) is 33.8 Å². The van der Waals surface area contributed by atoms with Gasteiger partial charge in [-0.3, -0.25) is 0 Å². The SMILES string of the molecule is CCCCCCCCCCCCCOc1ccc(-c2c3nc(cc4ccc([nH]4)c(-c4ccc(OCCCCCCCCCCCCC)cc4)c4nc(cc5ccc2[nH]5)C=C4)C=C3)cc1. The minimum atomic E-state index is 0.754. The minimum absolute atomic E-state index is 0.754. The molecule has 6 nitrogen and oxygen atoms in total. The molecular weight excluding hydrogens is 785 g/mol. The van der Waals surface area contributed by atoms with Gasteiger partial charge in [0, 0.05) is 33.2 Å². The van der Waals surface area contributed by atoms with Crippen LogP contribution in [0.15, 0.2) is 84.9 Å². The zero-order chi connectivity index (χ0) is 44.0. The number of fused-ring (bicyclic) bond motifs is 8. The lowest BCUT2D eigenvalue weighted by molar-refractivity contribution is 0.304. The molecule has 0 spiro atoms. The van der Waals surface area contributed by atoms with E-state index < -0.39 is 0 Å². The molecule has 0 saturated heterocycles. The predicted molar refractivity (Wildman–Crippen MR) is 274 cm³/mol. The lowest BCUT2D eigenvalue weighted by Crippen LogP contribution is -1.97. The number of H-pyrrole nitrogens is 2. The molecule has 0 radical (unpaired) electrons. The molecular formula is C58H74N4O2. The van der Waals surface area contributed by atoms with Gasteiger partial charge in [0.15, 0.2) is 0 Å². The van der Waals surface area contributed by atoms with Gasteiger partial charge in [-0.15, -0.1) is 0 Å². The summed E-state index contributed by atoms with van der Waals surface area (Å²) in [4.78, 5) is 17.7. The van der Waals surface area contributed by atoms with E-state index in [9.17, 15) is 0 Å². The molecule has 3 aromatic heterocycles. The second kappa shape index (κ2) is 25.8. The van der Waals surface area contributed by atoms with E-state index >= 15 is 0 Å². The molecule has 5 heterocycles. The summed E-state index contributed by atoms with van der Waals surface area (Å²) in [6.07, 6.45) is 37.7. The molecule has 0 amide bonds. The molecule has 0 saturated carbocycles. The fraction of sp³-hybridized carbons (Fsp3) is 0.448. The monoisotopic (exact) mass is 859 g/mol. The number of nitrogens with one attached hydrogen (secondary N) is 2. The van der Waals surface area contributed by atoms with Gasteiger partial charge in [0.05, 0.1) is 36.0 Å². The molecule has 7 rings (SSSR count). The smallest absolute Gasteiger partial charge is 0.119 e. The maximum atomic E-state index is 6.20. The first-order chi connectivity index (χ1) is 31.7. The van der Waals surface area contributed by atoms with Gasteiger partial charge in [0.2, 0.25) is 0 Å². The number of benzene rings is 2. The molecule has 5 aromatic rings. The largest absolute Gasteiger partial charge is 0.494 e. The Morgan fingerprint density at radius 2 is 0.719 bits per heavy atom. The van der Waals surface area contributed by atoms with Crippen molar-refractivity contribution in [3.63, 3.8) is 0 Å². The molecule has 2 N–H and O–H groups in total. The molecule has 2 aliphatic rings. The summed E-state index contributed by atoms with van der Waals surface area (Å²) >= 11 is 0. The van der Waals surface area contributed by atoms with Crippen molar-refractivity contribution in [2.45, 2.75) is 155 Å². The van der Waals surface area contributed by atoms with Gasteiger partial charge in [0.1, 0.15) is 11.5 Å². The first-order valence-corrected chi connectivity index (χ1v) is 25.2. The van der Waals surface area contributed by atoms with Crippen LogP contribution in [0.3, 0.4) is 0 Å². The maximum absolute atomic E-state index is 6.20. The molecule has 0 aliphatic carbocycles. The van der Waals surface area contributed by atoms with Crippen molar-refractivity contribution in [1.82, 2.24) is 19.9 Å². The van der Waals surface area contributed by atoms with E-state index in [2.05, 4.69) is 133 Å². The van der Waals surface area contributed by atoms with Crippen molar-refractivity contribution < 1.29 is 9.47 Å². The van der Waals surface area contributed by atoms with Gasteiger partial charge in [-0.1, -0.05) is 167 Å². The quantitative estimate of drug-likeness (QED) is 0.0481. The Bertz CT molecular complexity index is 2220. The predicted octanol–water partition coefficient (Wildman–Crippen LogP) is 17.4. The third kappa shape index (κ3) is 14.3. The summed E-state index contributed by atoms with van der Waals surface area (Å²) in [5.41, 5.74) is 11.9. The minimum Gasteiger partial charge on any atom is -0.494 e. The van der Waals surface area contributed by atoms with E-state index in [1.165, 1.54) is 128 Å². The number of hydrogen-bond acceptors (Lipinski definition) is 4. The summed E-state index contributed by atoms with van der Waals surface area (Å²) in [5, 5.41) is 0. The van der Waals surface area contributed by atoms with E-state index in [0.717, 1.165) is 105 Å². The Morgan fingerprint density at radius 1 is 0.375 bits per heavy atom. The number of hydrogen-bond donors (Lipinski definition) is 2. The highest BCUT2D eigenvalue weighted by Crippen LogP contribution is 2.34. The van der Waals surface area contributed by atoms with Crippen LogP contribution in [0.25, 0.3) is 68.6 Å². The number of aromatic nitrogens is 4. The van der Waals surface area contributed by atoms with Crippen LogP contribution >= 0.6 is 0 Å². The molecule has 64 heavy (non-hydrogen) atoms. The second-order valence-electron chi connectivity index (χ2n) is 18.0. The maximum Gasteiger partial charge on any atom is 0.119 e. The van der Waals surface area contributed by atoms with Crippen LogP contribution in [0.4, 0.5) is 0 Å². The molecule has 2 aromatic carbocycles. The van der Waals surface area contributed by atoms with Gasteiger partial charge < -0.3 is 19.4 Å². The summed E-state index contributed by atoms with van der Waals surface area (Å²) in [7, 11) is 0. The first-order valence-electron chi connectivity index (χ1n) is 25.2. The van der Waals surface area contributed by atoms with Crippen LogP contribution < -0.4 is 9.47 Å². The van der Waals surface area contributed by atoms with Crippen LogP contribution in [0.1, 0.15) is 178 Å². The summed E-state index contributed by atoms with van der Waals surface area (Å²) < 4.78 is 12.4. The highest BCUT2D eigenvalue weighted by atomic mass is 16.5. The van der Waals surface area contributed by atoms with Gasteiger partial charge in [-0.05, 0) is 109 Å². The number of rotatable bonds is 28. The molecule has 0 fully saturated rings. The van der Waals surface area contributed by atoms with Crippen LogP contribution in [-0.2, 0) is 0 Å². The summed E-state index contributed by atoms with van der Waals surface area (Å²) in [5.74, 6) is 1.82. The van der Waals surface area contributed by atoms with Gasteiger partial charge in [0.25, 0.3) is 0 Å². The van der Waals surface area contributed by atoms with Crippen LogP contribution in [0, 0.1) is 0 Å². The van der Waals surface area contributed by atoms with Crippen molar-refractivity contribution in [2.24, 2.45) is 0 Å². The second-order valence-corrected chi connectivity index (χ2v) is 18.0. The van der Waals surface area contributed by atoms with Crippen molar-refractivity contribution in [2.75, 3.05) is 13.2 Å². The van der Waals surface area contributed by atoms with Crippen molar-refractivity contribution in [3.05, 3.63) is 108 Å². The van der Waals surface area contributed by atoms with Crippen molar-refractivity contribution >= 4 is 46.4 Å². The fourth-order valence-corrected chi connectivity index (χ4v) is 9.03. The number of unbranched alkanes of at least 4 members (excludes halogenated alkanes) is 20. The average Bonchev–Trinajstić information content (AvgIpc) is 4.16. The Hall–Kier alpha value is -5.36. The van der Waals surface area contributed by atoms with Crippen LogP contribution in [0.2, 0.25) is 0 Å². The van der Waals surface area contributed by atoms with E-state index in [0.29, 0.717) is 0 Å². The zero-order valence-corrected chi connectivity index (χ0v) is 39.1. The highest BCUT2D eigenvalue weighted by Gasteiger charge is 2.14. The van der Waals surface area contributed by atoms with Gasteiger partial charge in [-0.25, -0.2) is 9.97 Å². The summed E-state index contributed by atoms with van der Waals surface area (Å²) in [6.45, 7) is 6.08. The molecule has 0 atom stereocenters. The molecule has 8 bridgehead atoms. The van der Waals surface area contributed by atoms with E-state index in [-0.39, 0.29) is 0 Å². The Balaban J connectivity index is 1.01. The van der Waals surface area contributed by atoms with Crippen molar-refractivity contribution in [1.29, 1.82) is 0 Å². The van der Waals surface area contributed by atoms with Gasteiger partial charge >= 0.3 is 0 Å². The Kier molecular flexibility index (Phi) is 18.8. The third-order valence-electron chi connectivity index (χ3n) is 12.7. The summed E-state index contributed by atoms with van der Waals surface area (Å²) in [6, 6.07) is 29.8. The third-order valence-corrected chi connectivity index (χ3v) is 12.7. The highest BCUT2D eigenvalue weighted by molar-refractivity contribution is 5.93. The first kappa shape index (κ1) is 46.6. The van der Waals surface area contributed by atoms with E-state index in [1.807, 2.05) is 0 Å². The number of nitrogens with zero attached hydrogens (tertiary/aromatic N) is 2. The number of aromatic amines is 2. The van der Waals surface area contributed by atoms with E-state index in [1.54, 1.807) is 0 Å². The molecule has 2 aliphatic heterocycles. The Morgan fingerprint density at radius 3 is 1.08 bits per heavy atom. The Labute approximate surface area is 384 Å². The number of ether oxygens (including phenoxy) is 2. The molecule has 6 heteroatoms. The lowest BCUT2D eigenvalue weighted by Gasteiger charge is -2.09. The van der Waals surface area contributed by atoms with Crippen LogP contribution in [0.5, 0.6) is 11.5 Å². The standard InChI is InChI=1S/C58H74N4O2/c1-3-5-7-9-11-13-15-17-19-21-23-41-63-51-33-25-45(26-34-51)57-53-37-29-47(59-53)43-49-31-39-55(61-49)58(56-40-32-50(62-56)44-48-30-38-54(57)60-48)46-27-35-52(36-28-46)64-42-24-22-20-18-16-14-12-10-8-6-4-2/h25-40,43-44,59,62H,3-24,41-42H2,1-2H3. The molecule has 0 unspecified atom stereocenters. The molecule has 338 valence electrons. The zero-order valence-electron chi connectivity index (χ0n) is 39.1. The average molecular weight is 859 g/mol. The van der Waals surface area contributed by atoms with E-state index in [4.69, 9.17) is 19.4 Å². The van der Waals surface area contributed by atoms with Gasteiger partial charge in [-0.2, -0.15) is 0 Å².